The molecule has 2 aromatic heterocycles. The van der Waals surface area contributed by atoms with Crippen LogP contribution in [0, 0.1) is 0 Å². The van der Waals surface area contributed by atoms with E-state index in [4.69, 9.17) is 0 Å². The monoisotopic (exact) mass is 405 g/mol. The molecule has 2 aromatic carbocycles. The van der Waals surface area contributed by atoms with Crippen molar-refractivity contribution in [1.29, 1.82) is 0 Å². The topological polar surface area (TPSA) is 97.1 Å². The summed E-state index contributed by atoms with van der Waals surface area (Å²) < 4.78 is 2.75. The number of rotatable bonds is 6. The third-order valence-electron chi connectivity index (χ3n) is 4.33. The molecule has 146 valence electrons. The van der Waals surface area contributed by atoms with Crippen molar-refractivity contribution < 1.29 is 4.79 Å². The zero-order valence-electron chi connectivity index (χ0n) is 15.9. The highest BCUT2D eigenvalue weighted by Crippen LogP contribution is 2.25. The summed E-state index contributed by atoms with van der Waals surface area (Å²) in [4.78, 5) is 20.8. The van der Waals surface area contributed by atoms with Crippen LogP contribution in [0.5, 0.6) is 0 Å². The molecule has 0 bridgehead atoms. The Hall–Kier alpha value is -3.59. The Morgan fingerprint density at radius 1 is 1.17 bits per heavy atom. The lowest BCUT2D eigenvalue weighted by atomic mass is 10.1. The molecule has 0 saturated heterocycles. The first kappa shape index (κ1) is 18.8. The highest BCUT2D eigenvalue weighted by Gasteiger charge is 2.14. The molecule has 4 aromatic rings. The molecule has 2 N–H and O–H groups in total. The normalized spacial score (nSPS) is 12.7. The fraction of sp³-hybridized carbons (Fsp3) is 0.150. The van der Waals surface area contributed by atoms with Gasteiger partial charge in [-0.3, -0.25) is 4.79 Å². The number of hydrazone groups is 1. The summed E-state index contributed by atoms with van der Waals surface area (Å²) in [6.45, 7) is 3.62. The second-order valence-electron chi connectivity index (χ2n) is 6.41. The summed E-state index contributed by atoms with van der Waals surface area (Å²) in [5, 5.41) is 12.1. The number of nitrogens with zero attached hydrogens (tertiary/aromatic N) is 5. The zero-order chi connectivity index (χ0) is 20.2. The predicted molar refractivity (Wildman–Crippen MR) is 114 cm³/mol. The molecule has 0 aliphatic heterocycles. The third-order valence-corrected chi connectivity index (χ3v) is 5.30. The molecule has 0 spiro atoms. The van der Waals surface area contributed by atoms with Crippen LogP contribution < -0.4 is 10.7 Å². The van der Waals surface area contributed by atoms with Crippen molar-refractivity contribution in [2.45, 2.75) is 19.9 Å². The Kier molecular flexibility index (Phi) is 5.30. The summed E-state index contributed by atoms with van der Waals surface area (Å²) >= 11 is 1.51. The van der Waals surface area contributed by atoms with Gasteiger partial charge in [-0.2, -0.15) is 10.2 Å². The van der Waals surface area contributed by atoms with E-state index in [0.717, 1.165) is 21.5 Å². The molecule has 0 unspecified atom stereocenters. The highest BCUT2D eigenvalue weighted by molar-refractivity contribution is 7.22. The third kappa shape index (κ3) is 4.30. The standard InChI is InChI=1S/C20H19N7OS/c1-13(15-7-9-16(10-8-15)27-12-21-11-22-27)25-26-19(28)14(2)23-20-24-17-5-3-4-6-18(17)29-20/h3-12,14H,1-2H3,(H,23,24)(H,26,28)/b25-13-/t14-/m0/s1. The minimum Gasteiger partial charge on any atom is -0.350 e. The van der Waals surface area contributed by atoms with Crippen molar-refractivity contribution in [2.24, 2.45) is 5.10 Å². The van der Waals surface area contributed by atoms with Crippen LogP contribution in [0.4, 0.5) is 5.13 Å². The molecule has 2 heterocycles. The van der Waals surface area contributed by atoms with E-state index in [9.17, 15) is 4.79 Å². The van der Waals surface area contributed by atoms with Crippen molar-refractivity contribution in [2.75, 3.05) is 5.32 Å². The van der Waals surface area contributed by atoms with E-state index in [1.807, 2.05) is 55.5 Å². The number of benzene rings is 2. The van der Waals surface area contributed by atoms with E-state index in [1.54, 1.807) is 17.9 Å². The average Bonchev–Trinajstić information content (AvgIpc) is 3.41. The van der Waals surface area contributed by atoms with Crippen LogP contribution in [0.3, 0.4) is 0 Å². The van der Waals surface area contributed by atoms with Crippen molar-refractivity contribution >= 4 is 38.3 Å². The van der Waals surface area contributed by atoms with Gasteiger partial charge in [0, 0.05) is 0 Å². The Balaban J connectivity index is 1.37. The minimum atomic E-state index is -0.471. The Labute approximate surface area is 171 Å². The summed E-state index contributed by atoms with van der Waals surface area (Å²) in [5.74, 6) is -0.233. The summed E-state index contributed by atoms with van der Waals surface area (Å²) in [6.07, 6.45) is 3.12. The maximum absolute atomic E-state index is 12.4. The van der Waals surface area contributed by atoms with Crippen LogP contribution in [0.15, 0.2) is 66.3 Å². The minimum absolute atomic E-state index is 0.233. The predicted octanol–water partition coefficient (Wildman–Crippen LogP) is 3.22. The first-order valence-electron chi connectivity index (χ1n) is 9.02. The second-order valence-corrected chi connectivity index (χ2v) is 7.44. The number of carbonyl (C=O) groups excluding carboxylic acids is 1. The molecule has 0 aliphatic carbocycles. The van der Waals surface area contributed by atoms with Crippen molar-refractivity contribution in [3.8, 4) is 5.69 Å². The van der Waals surface area contributed by atoms with Crippen LogP contribution in [0.25, 0.3) is 15.9 Å². The maximum atomic E-state index is 12.4. The smallest absolute Gasteiger partial charge is 0.262 e. The molecule has 1 amide bonds. The van der Waals surface area contributed by atoms with Crippen molar-refractivity contribution in [3.05, 3.63) is 66.7 Å². The second kappa shape index (κ2) is 8.19. The molecule has 0 radical (unpaired) electrons. The van der Waals surface area contributed by atoms with Crippen LogP contribution in [-0.4, -0.2) is 37.4 Å². The fourth-order valence-corrected chi connectivity index (χ4v) is 3.63. The molecule has 0 aliphatic rings. The van der Waals surface area contributed by atoms with E-state index >= 15 is 0 Å². The van der Waals surface area contributed by atoms with Gasteiger partial charge in [0.25, 0.3) is 5.91 Å². The number of hydrogen-bond acceptors (Lipinski definition) is 7. The molecular weight excluding hydrogens is 386 g/mol. The van der Waals surface area contributed by atoms with Gasteiger partial charge in [0.15, 0.2) is 5.13 Å². The molecule has 29 heavy (non-hydrogen) atoms. The molecule has 0 fully saturated rings. The molecule has 1 atom stereocenters. The first-order valence-corrected chi connectivity index (χ1v) is 9.83. The van der Waals surface area contributed by atoms with Gasteiger partial charge in [0.2, 0.25) is 0 Å². The van der Waals surface area contributed by atoms with Crippen molar-refractivity contribution in [3.63, 3.8) is 0 Å². The number of hydrogen-bond donors (Lipinski definition) is 2. The van der Waals surface area contributed by atoms with Gasteiger partial charge in [-0.15, -0.1) is 0 Å². The largest absolute Gasteiger partial charge is 0.350 e. The highest BCUT2D eigenvalue weighted by atomic mass is 32.1. The van der Waals surface area contributed by atoms with Gasteiger partial charge < -0.3 is 5.32 Å². The lowest BCUT2D eigenvalue weighted by molar-refractivity contribution is -0.121. The lowest BCUT2D eigenvalue weighted by Gasteiger charge is -2.11. The van der Waals surface area contributed by atoms with Gasteiger partial charge >= 0.3 is 0 Å². The van der Waals surface area contributed by atoms with Gasteiger partial charge in [-0.25, -0.2) is 20.1 Å². The number of anilines is 1. The zero-order valence-corrected chi connectivity index (χ0v) is 16.7. The Bertz CT molecular complexity index is 1120. The number of carbonyl (C=O) groups is 1. The summed E-state index contributed by atoms with van der Waals surface area (Å²) in [6, 6.07) is 15.1. The summed E-state index contributed by atoms with van der Waals surface area (Å²) in [7, 11) is 0. The Morgan fingerprint density at radius 3 is 2.69 bits per heavy atom. The summed E-state index contributed by atoms with van der Waals surface area (Å²) in [5.41, 5.74) is 6.03. The fourth-order valence-electron chi connectivity index (χ4n) is 2.68. The average molecular weight is 405 g/mol. The van der Waals surface area contributed by atoms with Crippen molar-refractivity contribution in [1.82, 2.24) is 25.2 Å². The SMILES string of the molecule is C/C(=N/NC(=O)[C@H](C)Nc1nc2ccccc2s1)c1ccc(-n2cncn2)cc1. The van der Waals surface area contributed by atoms with Crippen LogP contribution in [0.1, 0.15) is 19.4 Å². The lowest BCUT2D eigenvalue weighted by Crippen LogP contribution is -2.35. The molecule has 9 heteroatoms. The first-order chi connectivity index (χ1) is 14.1. The van der Waals surface area contributed by atoms with Gasteiger partial charge in [-0.05, 0) is 43.7 Å². The van der Waals surface area contributed by atoms with Crippen LogP contribution >= 0.6 is 11.3 Å². The van der Waals surface area contributed by atoms with E-state index in [2.05, 4.69) is 30.9 Å². The van der Waals surface area contributed by atoms with E-state index in [1.165, 1.54) is 17.7 Å². The number of amides is 1. The maximum Gasteiger partial charge on any atom is 0.262 e. The molecule has 0 saturated carbocycles. The Morgan fingerprint density at radius 2 is 1.97 bits per heavy atom. The number of para-hydroxylation sites is 1. The van der Waals surface area contributed by atoms with Gasteiger partial charge in [0.05, 0.1) is 21.6 Å². The van der Waals surface area contributed by atoms with Gasteiger partial charge in [-0.1, -0.05) is 35.6 Å². The van der Waals surface area contributed by atoms with Crippen LogP contribution in [-0.2, 0) is 4.79 Å². The number of thiazole rings is 1. The van der Waals surface area contributed by atoms with E-state index in [-0.39, 0.29) is 5.91 Å². The van der Waals surface area contributed by atoms with E-state index < -0.39 is 6.04 Å². The quantitative estimate of drug-likeness (QED) is 0.379. The number of fused-ring (bicyclic) bond motifs is 1. The number of nitrogens with one attached hydrogen (secondary N) is 2. The van der Waals surface area contributed by atoms with Gasteiger partial charge in [0.1, 0.15) is 18.7 Å². The molecular formula is C20H19N7OS. The molecule has 4 rings (SSSR count). The molecule has 8 nitrogen and oxygen atoms in total. The van der Waals surface area contributed by atoms with Crippen LogP contribution in [0.2, 0.25) is 0 Å². The number of aromatic nitrogens is 4. The van der Waals surface area contributed by atoms with E-state index in [0.29, 0.717) is 10.8 Å².